The van der Waals surface area contributed by atoms with Gasteiger partial charge in [-0.05, 0) is 12.8 Å². The van der Waals surface area contributed by atoms with E-state index in [0.29, 0.717) is 12.8 Å². The van der Waals surface area contributed by atoms with Crippen LogP contribution in [0.1, 0.15) is 117 Å². The van der Waals surface area contributed by atoms with Crippen molar-refractivity contribution in [2.75, 3.05) is 0 Å². The zero-order chi connectivity index (χ0) is 20.3. The molecular weight excluding hydrogens is 342 g/mol. The van der Waals surface area contributed by atoms with Gasteiger partial charge in [-0.1, -0.05) is 97.3 Å². The topological polar surface area (TPSA) is 83.5 Å². The van der Waals surface area contributed by atoms with Gasteiger partial charge in [0, 0.05) is 6.42 Å². The van der Waals surface area contributed by atoms with Crippen molar-refractivity contribution in [3.8, 4) is 0 Å². The second kappa shape index (κ2) is 18.0. The highest BCUT2D eigenvalue weighted by atomic mass is 16.4. The Balaban J connectivity index is 3.72. The standard InChI is InChI=1S/C22H41NO4/c1-3-5-7-8-9-10-11-12-13-14-16-18-20(24)21(25)23-19(22(26)27)17-15-6-4-2/h19H,3-18H2,1-2H3,(H,23,25)(H,26,27). The number of unbranched alkanes of at least 4 members (excludes halogenated alkanes) is 12. The van der Waals surface area contributed by atoms with Crippen LogP contribution in [0.3, 0.4) is 0 Å². The van der Waals surface area contributed by atoms with Crippen molar-refractivity contribution in [3.05, 3.63) is 0 Å². The van der Waals surface area contributed by atoms with E-state index < -0.39 is 23.7 Å². The van der Waals surface area contributed by atoms with Crippen molar-refractivity contribution in [1.82, 2.24) is 5.32 Å². The van der Waals surface area contributed by atoms with Gasteiger partial charge >= 0.3 is 5.97 Å². The molecule has 0 aromatic rings. The first-order valence-corrected chi connectivity index (χ1v) is 11.1. The molecule has 1 atom stereocenters. The zero-order valence-corrected chi connectivity index (χ0v) is 17.6. The van der Waals surface area contributed by atoms with E-state index in [-0.39, 0.29) is 6.42 Å². The summed E-state index contributed by atoms with van der Waals surface area (Å²) >= 11 is 0. The molecule has 0 rings (SSSR count). The van der Waals surface area contributed by atoms with E-state index in [1.54, 1.807) is 0 Å². The molecule has 1 amide bonds. The number of hydrogen-bond acceptors (Lipinski definition) is 3. The van der Waals surface area contributed by atoms with E-state index in [0.717, 1.165) is 32.1 Å². The van der Waals surface area contributed by atoms with Crippen LogP contribution < -0.4 is 5.32 Å². The van der Waals surface area contributed by atoms with Crippen LogP contribution in [-0.4, -0.2) is 28.8 Å². The lowest BCUT2D eigenvalue weighted by Gasteiger charge is -2.13. The SMILES string of the molecule is CCCCCCCCCCCCCC(=O)C(=O)NC(CCCCC)C(=O)O. The van der Waals surface area contributed by atoms with Crippen LogP contribution in [0, 0.1) is 0 Å². The number of carboxylic acid groups (broad SMARTS) is 1. The Kier molecular flexibility index (Phi) is 17.1. The third kappa shape index (κ3) is 15.4. The molecule has 1 unspecified atom stereocenters. The lowest BCUT2D eigenvalue weighted by Crippen LogP contribution is -2.43. The maximum atomic E-state index is 11.9. The van der Waals surface area contributed by atoms with Gasteiger partial charge in [0.15, 0.2) is 0 Å². The molecule has 5 heteroatoms. The Morgan fingerprint density at radius 2 is 1.15 bits per heavy atom. The quantitative estimate of drug-likeness (QED) is 0.231. The average Bonchev–Trinajstić information content (AvgIpc) is 2.64. The van der Waals surface area contributed by atoms with E-state index in [2.05, 4.69) is 12.2 Å². The van der Waals surface area contributed by atoms with Gasteiger partial charge in [0.05, 0.1) is 0 Å². The summed E-state index contributed by atoms with van der Waals surface area (Å²) in [5.41, 5.74) is 0. The van der Waals surface area contributed by atoms with Gasteiger partial charge in [0.2, 0.25) is 5.78 Å². The maximum absolute atomic E-state index is 11.9. The normalized spacial score (nSPS) is 11.9. The molecule has 0 saturated heterocycles. The summed E-state index contributed by atoms with van der Waals surface area (Å²) in [4.78, 5) is 35.0. The Morgan fingerprint density at radius 1 is 0.704 bits per heavy atom. The fourth-order valence-corrected chi connectivity index (χ4v) is 3.16. The first kappa shape index (κ1) is 25.6. The van der Waals surface area contributed by atoms with Crippen LogP contribution in [-0.2, 0) is 14.4 Å². The van der Waals surface area contributed by atoms with Crippen LogP contribution in [0.5, 0.6) is 0 Å². The largest absolute Gasteiger partial charge is 0.480 e. The van der Waals surface area contributed by atoms with E-state index in [9.17, 15) is 14.4 Å². The summed E-state index contributed by atoms with van der Waals surface area (Å²) < 4.78 is 0. The van der Waals surface area contributed by atoms with Gasteiger partial charge in [-0.3, -0.25) is 9.59 Å². The van der Waals surface area contributed by atoms with Gasteiger partial charge < -0.3 is 10.4 Å². The second-order valence-corrected chi connectivity index (χ2v) is 7.57. The van der Waals surface area contributed by atoms with Crippen molar-refractivity contribution in [3.63, 3.8) is 0 Å². The van der Waals surface area contributed by atoms with Gasteiger partial charge in [-0.15, -0.1) is 0 Å². The molecule has 0 heterocycles. The van der Waals surface area contributed by atoms with Crippen molar-refractivity contribution in [1.29, 1.82) is 0 Å². The zero-order valence-electron chi connectivity index (χ0n) is 17.6. The van der Waals surface area contributed by atoms with E-state index in [1.165, 1.54) is 51.4 Å². The Morgan fingerprint density at radius 3 is 1.63 bits per heavy atom. The number of carbonyl (C=O) groups is 3. The van der Waals surface area contributed by atoms with E-state index >= 15 is 0 Å². The van der Waals surface area contributed by atoms with Crippen LogP contribution >= 0.6 is 0 Å². The molecule has 0 aliphatic rings. The molecule has 0 aliphatic carbocycles. The molecule has 5 nitrogen and oxygen atoms in total. The minimum atomic E-state index is -1.07. The first-order chi connectivity index (χ1) is 13.0. The molecule has 158 valence electrons. The fraction of sp³-hybridized carbons (Fsp3) is 0.864. The van der Waals surface area contributed by atoms with Gasteiger partial charge in [-0.2, -0.15) is 0 Å². The van der Waals surface area contributed by atoms with Crippen molar-refractivity contribution >= 4 is 17.7 Å². The lowest BCUT2D eigenvalue weighted by atomic mass is 10.0. The Bertz CT molecular complexity index is 409. The number of carboxylic acids is 1. The molecule has 0 fully saturated rings. The summed E-state index contributed by atoms with van der Waals surface area (Å²) in [6.07, 6.45) is 16.3. The van der Waals surface area contributed by atoms with Gasteiger partial charge in [0.1, 0.15) is 6.04 Å². The number of amides is 1. The smallest absolute Gasteiger partial charge is 0.326 e. The minimum absolute atomic E-state index is 0.212. The highest BCUT2D eigenvalue weighted by Gasteiger charge is 2.22. The molecule has 0 bridgehead atoms. The predicted molar refractivity (Wildman–Crippen MR) is 110 cm³/mol. The molecule has 0 aromatic heterocycles. The van der Waals surface area contributed by atoms with E-state index in [1.807, 2.05) is 6.92 Å². The number of rotatable bonds is 19. The minimum Gasteiger partial charge on any atom is -0.480 e. The molecule has 0 aromatic carbocycles. The molecule has 0 saturated carbocycles. The van der Waals surface area contributed by atoms with Crippen molar-refractivity contribution in [2.45, 2.75) is 123 Å². The predicted octanol–water partition coefficient (Wildman–Crippen LogP) is 5.41. The second-order valence-electron chi connectivity index (χ2n) is 7.57. The van der Waals surface area contributed by atoms with Crippen LogP contribution in [0.2, 0.25) is 0 Å². The lowest BCUT2D eigenvalue weighted by molar-refractivity contribution is -0.144. The summed E-state index contributed by atoms with van der Waals surface area (Å²) in [5.74, 6) is -2.31. The van der Waals surface area contributed by atoms with Crippen LogP contribution in [0.25, 0.3) is 0 Å². The average molecular weight is 384 g/mol. The number of nitrogens with one attached hydrogen (secondary N) is 1. The summed E-state index contributed by atoms with van der Waals surface area (Å²) in [6, 6.07) is -0.953. The van der Waals surface area contributed by atoms with E-state index in [4.69, 9.17) is 5.11 Å². The van der Waals surface area contributed by atoms with Crippen molar-refractivity contribution in [2.24, 2.45) is 0 Å². The van der Waals surface area contributed by atoms with Crippen molar-refractivity contribution < 1.29 is 19.5 Å². The monoisotopic (exact) mass is 383 g/mol. The highest BCUT2D eigenvalue weighted by Crippen LogP contribution is 2.12. The molecule has 27 heavy (non-hydrogen) atoms. The third-order valence-electron chi connectivity index (χ3n) is 4.96. The number of carbonyl (C=O) groups excluding carboxylic acids is 2. The molecule has 0 radical (unpaired) electrons. The number of ketones is 1. The first-order valence-electron chi connectivity index (χ1n) is 11.1. The fourth-order valence-electron chi connectivity index (χ4n) is 3.16. The van der Waals surface area contributed by atoms with Gasteiger partial charge in [-0.25, -0.2) is 4.79 Å². The molecular formula is C22H41NO4. The number of aliphatic carboxylic acids is 1. The summed E-state index contributed by atoms with van der Waals surface area (Å²) in [5, 5.41) is 11.5. The van der Waals surface area contributed by atoms with Crippen LogP contribution in [0.4, 0.5) is 0 Å². The summed E-state index contributed by atoms with van der Waals surface area (Å²) in [7, 11) is 0. The maximum Gasteiger partial charge on any atom is 0.326 e. The Hall–Kier alpha value is -1.39. The Labute approximate surface area is 165 Å². The number of hydrogen-bond donors (Lipinski definition) is 2. The highest BCUT2D eigenvalue weighted by molar-refractivity contribution is 6.36. The number of Topliss-reactive ketones (excluding diaryl/α,β-unsaturated/α-hetero) is 1. The molecule has 2 N–H and O–H groups in total. The van der Waals surface area contributed by atoms with Crippen LogP contribution in [0.15, 0.2) is 0 Å². The molecule has 0 aliphatic heterocycles. The third-order valence-corrected chi connectivity index (χ3v) is 4.96. The summed E-state index contributed by atoms with van der Waals surface area (Å²) in [6.45, 7) is 4.26. The van der Waals surface area contributed by atoms with Gasteiger partial charge in [0.25, 0.3) is 5.91 Å². The molecule has 0 spiro atoms.